The monoisotopic (exact) mass is 590 g/mol. The highest BCUT2D eigenvalue weighted by Gasteiger charge is 2.22. The summed E-state index contributed by atoms with van der Waals surface area (Å²) >= 11 is 0. The molecule has 0 saturated carbocycles. The van der Waals surface area contributed by atoms with Gasteiger partial charge in [-0.1, -0.05) is 39.8 Å². The van der Waals surface area contributed by atoms with Gasteiger partial charge in [0.15, 0.2) is 0 Å². The number of amidine groups is 1. The van der Waals surface area contributed by atoms with E-state index in [0.717, 1.165) is 22.9 Å². The van der Waals surface area contributed by atoms with Crippen LogP contribution in [0, 0.1) is 5.92 Å². The summed E-state index contributed by atoms with van der Waals surface area (Å²) in [6.07, 6.45) is 5.32. The first-order valence-corrected chi connectivity index (χ1v) is 14.1. The summed E-state index contributed by atoms with van der Waals surface area (Å²) in [5.41, 5.74) is 14.4. The van der Waals surface area contributed by atoms with Crippen molar-refractivity contribution in [1.82, 2.24) is 14.5 Å². The molecule has 0 bridgehead atoms. The third-order valence-electron chi connectivity index (χ3n) is 6.37. The largest absolute Gasteiger partial charge is 0.451 e. The fourth-order valence-electron chi connectivity index (χ4n) is 4.03. The lowest BCUT2D eigenvalue weighted by Crippen LogP contribution is -2.37. The Hall–Kier alpha value is -5.00. The van der Waals surface area contributed by atoms with E-state index in [1.165, 1.54) is 12.0 Å². The number of imidazole rings is 1. The van der Waals surface area contributed by atoms with E-state index in [4.69, 9.17) is 16.5 Å². The van der Waals surface area contributed by atoms with Gasteiger partial charge < -0.3 is 26.1 Å². The quantitative estimate of drug-likeness (QED) is 0.209. The minimum atomic E-state index is -0.761. The van der Waals surface area contributed by atoms with Crippen molar-refractivity contribution in [1.29, 1.82) is 0 Å². The van der Waals surface area contributed by atoms with E-state index in [0.29, 0.717) is 24.3 Å². The highest BCUT2D eigenvalue weighted by Crippen LogP contribution is 2.19. The predicted octanol–water partition coefficient (Wildman–Crippen LogP) is 4.05. The number of hydrogen-bond acceptors (Lipinski definition) is 7. The SMILES string of the molecule is CC.CCc1nc(CNc2ccc(/C(N)=N\C(=O)OC)cc2)n(C)c1/C=C\C(C)C(=O)N(CCC(N)=O)c1ccccn1. The van der Waals surface area contributed by atoms with Gasteiger partial charge in [0.1, 0.15) is 17.5 Å². The number of rotatable bonds is 12. The Morgan fingerprint density at radius 1 is 1.14 bits per heavy atom. The molecule has 0 aliphatic heterocycles. The molecule has 0 aliphatic rings. The van der Waals surface area contributed by atoms with E-state index in [9.17, 15) is 14.4 Å². The van der Waals surface area contributed by atoms with Crippen LogP contribution in [-0.2, 0) is 34.3 Å². The molecule has 1 aromatic carbocycles. The van der Waals surface area contributed by atoms with Crippen LogP contribution in [0.25, 0.3) is 6.08 Å². The number of nitrogens with zero attached hydrogens (tertiary/aromatic N) is 5. The highest BCUT2D eigenvalue weighted by molar-refractivity contribution is 6.02. The topological polar surface area (TPSA) is 171 Å². The molecular formula is C31H42N8O4. The molecular weight excluding hydrogens is 548 g/mol. The first kappa shape index (κ1) is 34.2. The molecule has 230 valence electrons. The molecule has 1 atom stereocenters. The highest BCUT2D eigenvalue weighted by atomic mass is 16.5. The first-order chi connectivity index (χ1) is 20.6. The Labute approximate surface area is 252 Å². The normalized spacial score (nSPS) is 11.8. The summed E-state index contributed by atoms with van der Waals surface area (Å²) in [6, 6.07) is 12.4. The Morgan fingerprint density at radius 2 is 1.84 bits per heavy atom. The van der Waals surface area contributed by atoms with Crippen LogP contribution in [0.5, 0.6) is 0 Å². The van der Waals surface area contributed by atoms with E-state index in [1.54, 1.807) is 43.5 Å². The van der Waals surface area contributed by atoms with Gasteiger partial charge in [-0.25, -0.2) is 14.8 Å². The zero-order valence-corrected chi connectivity index (χ0v) is 25.7. The van der Waals surface area contributed by atoms with Crippen molar-refractivity contribution >= 4 is 41.3 Å². The molecule has 0 saturated heterocycles. The molecule has 0 fully saturated rings. The number of pyridine rings is 1. The summed E-state index contributed by atoms with van der Waals surface area (Å²) in [7, 11) is 3.16. The van der Waals surface area contributed by atoms with E-state index < -0.39 is 17.9 Å². The molecule has 0 spiro atoms. The van der Waals surface area contributed by atoms with Crippen molar-refractivity contribution in [3.05, 3.63) is 77.5 Å². The minimum absolute atomic E-state index is 0.0357. The maximum atomic E-state index is 13.3. The maximum absolute atomic E-state index is 13.3. The number of aryl methyl sites for hydroxylation is 1. The van der Waals surface area contributed by atoms with E-state index in [1.807, 2.05) is 56.7 Å². The zero-order valence-electron chi connectivity index (χ0n) is 25.7. The van der Waals surface area contributed by atoms with Crippen molar-refractivity contribution in [2.75, 3.05) is 23.9 Å². The number of hydrogen-bond donors (Lipinski definition) is 3. The summed E-state index contributed by atoms with van der Waals surface area (Å²) in [5.74, 6) is 0.184. The number of carbonyl (C=O) groups is 3. The van der Waals surface area contributed by atoms with Crippen molar-refractivity contribution in [2.45, 2.75) is 47.1 Å². The van der Waals surface area contributed by atoms with Gasteiger partial charge in [0.25, 0.3) is 0 Å². The summed E-state index contributed by atoms with van der Waals surface area (Å²) in [6.45, 7) is 8.43. The standard InChI is InChI=1S/C29H36N8O4.C2H6/c1-5-22-23(14-9-19(2)28(39)37(17-15-24(30)38)25-8-6-7-16-32-25)36(3)26(34-22)18-33-21-12-10-20(11-13-21)27(31)35-29(40)41-4;1-2/h6-14,16,19,33H,5,15,17-18H2,1-4H3,(H2,30,38)(H2,31,35,40);1-2H3/b14-9-;. The van der Waals surface area contributed by atoms with E-state index in [2.05, 4.69) is 20.0 Å². The van der Waals surface area contributed by atoms with Crippen LogP contribution in [0.2, 0.25) is 0 Å². The lowest BCUT2D eigenvalue weighted by atomic mass is 10.1. The maximum Gasteiger partial charge on any atom is 0.435 e. The van der Waals surface area contributed by atoms with Crippen LogP contribution in [0.15, 0.2) is 59.7 Å². The number of nitrogens with one attached hydrogen (secondary N) is 1. The van der Waals surface area contributed by atoms with Crippen molar-refractivity contribution in [2.24, 2.45) is 29.4 Å². The molecule has 3 aromatic rings. The van der Waals surface area contributed by atoms with Gasteiger partial charge in [-0.2, -0.15) is 4.99 Å². The molecule has 0 radical (unpaired) electrons. The molecule has 12 heteroatoms. The Morgan fingerprint density at radius 3 is 2.42 bits per heavy atom. The molecule has 3 amide bonds. The Balaban J connectivity index is 0.00000316. The summed E-state index contributed by atoms with van der Waals surface area (Å²) in [5, 5.41) is 3.34. The Bertz CT molecular complexity index is 1420. The molecule has 1 unspecified atom stereocenters. The van der Waals surface area contributed by atoms with Gasteiger partial charge in [0, 0.05) is 37.5 Å². The summed E-state index contributed by atoms with van der Waals surface area (Å²) in [4.78, 5) is 50.2. The fraction of sp³-hybridized carbons (Fsp3) is 0.355. The van der Waals surface area contributed by atoms with E-state index >= 15 is 0 Å². The number of primary amides is 1. The third-order valence-corrected chi connectivity index (χ3v) is 6.37. The lowest BCUT2D eigenvalue weighted by molar-refractivity contribution is -0.120. The number of nitrogens with two attached hydrogens (primary N) is 2. The second-order valence-electron chi connectivity index (χ2n) is 9.21. The summed E-state index contributed by atoms with van der Waals surface area (Å²) < 4.78 is 6.49. The number of amides is 3. The number of aliphatic imine (C=N–C) groups is 1. The van der Waals surface area contributed by atoms with E-state index in [-0.39, 0.29) is 24.7 Å². The van der Waals surface area contributed by atoms with Crippen molar-refractivity contribution in [3.63, 3.8) is 0 Å². The fourth-order valence-corrected chi connectivity index (χ4v) is 4.03. The average Bonchev–Trinajstić information content (AvgIpc) is 3.33. The van der Waals surface area contributed by atoms with Gasteiger partial charge in [-0.3, -0.25) is 14.5 Å². The zero-order chi connectivity index (χ0) is 31.9. The molecule has 12 nitrogen and oxygen atoms in total. The van der Waals surface area contributed by atoms with Gasteiger partial charge >= 0.3 is 6.09 Å². The molecule has 2 heterocycles. The van der Waals surface area contributed by atoms with Crippen LogP contribution < -0.4 is 21.7 Å². The van der Waals surface area contributed by atoms with Crippen LogP contribution in [0.3, 0.4) is 0 Å². The Kier molecular flexibility index (Phi) is 13.6. The number of anilines is 2. The van der Waals surface area contributed by atoms with Crippen molar-refractivity contribution < 1.29 is 19.1 Å². The second-order valence-corrected chi connectivity index (χ2v) is 9.21. The average molecular weight is 591 g/mol. The minimum Gasteiger partial charge on any atom is -0.451 e. The second kappa shape index (κ2) is 17.1. The number of methoxy groups -OCH3 is 1. The van der Waals surface area contributed by atoms with Crippen LogP contribution in [-0.4, -0.2) is 51.9 Å². The van der Waals surface area contributed by atoms with Crippen molar-refractivity contribution in [3.8, 4) is 0 Å². The number of carbonyl (C=O) groups excluding carboxylic acids is 3. The predicted molar refractivity (Wildman–Crippen MR) is 169 cm³/mol. The van der Waals surface area contributed by atoms with Gasteiger partial charge in [0.05, 0.1) is 31.0 Å². The molecule has 0 aliphatic carbocycles. The van der Waals surface area contributed by atoms with Gasteiger partial charge in [0.2, 0.25) is 11.8 Å². The van der Waals surface area contributed by atoms with Gasteiger partial charge in [-0.15, -0.1) is 0 Å². The molecule has 43 heavy (non-hydrogen) atoms. The number of ether oxygens (including phenoxy) is 1. The third kappa shape index (κ3) is 9.80. The number of aromatic nitrogens is 3. The van der Waals surface area contributed by atoms with Crippen LogP contribution >= 0.6 is 0 Å². The van der Waals surface area contributed by atoms with Crippen LogP contribution in [0.4, 0.5) is 16.3 Å². The molecule has 2 aromatic heterocycles. The lowest BCUT2D eigenvalue weighted by Gasteiger charge is -2.23. The first-order valence-electron chi connectivity index (χ1n) is 14.1. The molecule has 5 N–H and O–H groups in total. The number of benzene rings is 1. The van der Waals surface area contributed by atoms with Crippen LogP contribution in [0.1, 0.15) is 56.9 Å². The van der Waals surface area contributed by atoms with Gasteiger partial charge in [-0.05, 0) is 48.9 Å². The smallest absolute Gasteiger partial charge is 0.435 e. The molecule has 3 rings (SSSR count).